The van der Waals surface area contributed by atoms with Gasteiger partial charge in [-0.3, -0.25) is 4.79 Å². The molecule has 1 N–H and O–H groups in total. The molecule has 16 heavy (non-hydrogen) atoms. The van der Waals surface area contributed by atoms with Crippen LogP contribution in [0.5, 0.6) is 0 Å². The largest absolute Gasteiger partial charge is 0.481 e. The van der Waals surface area contributed by atoms with Gasteiger partial charge in [-0.1, -0.05) is 12.1 Å². The molecule has 84 valence electrons. The Kier molecular flexibility index (Phi) is 2.77. The summed E-state index contributed by atoms with van der Waals surface area (Å²) in [6.07, 6.45) is 3.51. The van der Waals surface area contributed by atoms with Gasteiger partial charge in [0.05, 0.1) is 5.92 Å². The van der Waals surface area contributed by atoms with Crippen molar-refractivity contribution in [3.05, 3.63) is 41.2 Å². The number of aryl methyl sites for hydroxylation is 1. The van der Waals surface area contributed by atoms with E-state index in [0.717, 1.165) is 29.5 Å². The van der Waals surface area contributed by atoms with Gasteiger partial charge >= 0.3 is 5.97 Å². The van der Waals surface area contributed by atoms with Crippen LogP contribution < -0.4 is 0 Å². The van der Waals surface area contributed by atoms with Gasteiger partial charge < -0.3 is 5.11 Å². The van der Waals surface area contributed by atoms with E-state index in [1.54, 1.807) is 13.0 Å². The number of carboxylic acids is 1. The fraction of sp³-hybridized carbons (Fsp3) is 0.308. The second kappa shape index (κ2) is 4.08. The molecule has 0 bridgehead atoms. The molecular weight excluding hydrogens is 207 g/mol. The SMILES string of the molecule is CC(C(=O)O)C1=CCCc2cc(F)ccc21. The molecule has 1 aromatic rings. The number of fused-ring (bicyclic) bond motifs is 1. The van der Waals surface area contributed by atoms with Crippen molar-refractivity contribution in [3.63, 3.8) is 0 Å². The maximum absolute atomic E-state index is 13.0. The predicted octanol–water partition coefficient (Wildman–Crippen LogP) is 2.88. The Morgan fingerprint density at radius 2 is 2.25 bits per heavy atom. The summed E-state index contributed by atoms with van der Waals surface area (Å²) >= 11 is 0. The Balaban J connectivity index is 2.44. The van der Waals surface area contributed by atoms with Gasteiger partial charge in [0, 0.05) is 0 Å². The van der Waals surface area contributed by atoms with E-state index in [1.807, 2.05) is 6.08 Å². The van der Waals surface area contributed by atoms with Crippen LogP contribution in [-0.4, -0.2) is 11.1 Å². The first-order valence-corrected chi connectivity index (χ1v) is 5.31. The molecule has 0 aromatic heterocycles. The van der Waals surface area contributed by atoms with Gasteiger partial charge in [-0.15, -0.1) is 0 Å². The minimum Gasteiger partial charge on any atom is -0.481 e. The highest BCUT2D eigenvalue weighted by molar-refractivity contribution is 5.88. The molecule has 0 spiro atoms. The summed E-state index contributed by atoms with van der Waals surface area (Å²) in [5.74, 6) is -1.64. The average Bonchev–Trinajstić information content (AvgIpc) is 2.26. The number of allylic oxidation sites excluding steroid dienone is 1. The van der Waals surface area contributed by atoms with Gasteiger partial charge in [-0.05, 0) is 48.6 Å². The van der Waals surface area contributed by atoms with Crippen LogP contribution in [0.3, 0.4) is 0 Å². The quantitative estimate of drug-likeness (QED) is 0.832. The summed E-state index contributed by atoms with van der Waals surface area (Å²) in [6, 6.07) is 4.55. The summed E-state index contributed by atoms with van der Waals surface area (Å²) in [7, 11) is 0. The predicted molar refractivity (Wildman–Crippen MR) is 59.5 cm³/mol. The summed E-state index contributed by atoms with van der Waals surface area (Å²) in [6.45, 7) is 1.66. The van der Waals surface area contributed by atoms with Crippen molar-refractivity contribution in [1.29, 1.82) is 0 Å². The topological polar surface area (TPSA) is 37.3 Å². The summed E-state index contributed by atoms with van der Waals surface area (Å²) in [5.41, 5.74) is 2.59. The van der Waals surface area contributed by atoms with Gasteiger partial charge in [0.15, 0.2) is 0 Å². The Bertz CT molecular complexity index is 463. The van der Waals surface area contributed by atoms with E-state index in [4.69, 9.17) is 5.11 Å². The van der Waals surface area contributed by atoms with E-state index in [1.165, 1.54) is 12.1 Å². The number of carbonyl (C=O) groups is 1. The molecule has 0 aliphatic heterocycles. The van der Waals surface area contributed by atoms with Crippen molar-refractivity contribution in [1.82, 2.24) is 0 Å². The lowest BCUT2D eigenvalue weighted by Crippen LogP contribution is -2.14. The fourth-order valence-corrected chi connectivity index (χ4v) is 2.09. The average molecular weight is 220 g/mol. The molecule has 0 radical (unpaired) electrons. The lowest BCUT2D eigenvalue weighted by molar-refractivity contribution is -0.139. The van der Waals surface area contributed by atoms with E-state index in [0.29, 0.717) is 0 Å². The smallest absolute Gasteiger partial charge is 0.310 e. The Hall–Kier alpha value is -1.64. The van der Waals surface area contributed by atoms with Crippen molar-refractivity contribution < 1.29 is 14.3 Å². The number of rotatable bonds is 2. The Morgan fingerprint density at radius 1 is 1.50 bits per heavy atom. The molecule has 1 aliphatic rings. The number of aliphatic carboxylic acids is 1. The zero-order valence-corrected chi connectivity index (χ0v) is 9.03. The zero-order valence-electron chi connectivity index (χ0n) is 9.03. The van der Waals surface area contributed by atoms with Crippen molar-refractivity contribution in [3.8, 4) is 0 Å². The molecule has 2 nitrogen and oxygen atoms in total. The third-order valence-electron chi connectivity index (χ3n) is 2.99. The van der Waals surface area contributed by atoms with Gasteiger partial charge in [0.2, 0.25) is 0 Å². The molecule has 0 saturated heterocycles. The van der Waals surface area contributed by atoms with Crippen LogP contribution in [0.15, 0.2) is 24.3 Å². The minimum absolute atomic E-state index is 0.261. The summed E-state index contributed by atoms with van der Waals surface area (Å²) < 4.78 is 13.0. The van der Waals surface area contributed by atoms with Gasteiger partial charge in [0.1, 0.15) is 5.82 Å². The van der Waals surface area contributed by atoms with Crippen LogP contribution in [0, 0.1) is 11.7 Å². The van der Waals surface area contributed by atoms with Crippen molar-refractivity contribution in [2.75, 3.05) is 0 Å². The maximum Gasteiger partial charge on any atom is 0.310 e. The standard InChI is InChI=1S/C13H13FO2/c1-8(13(15)16)11-4-2-3-9-7-10(14)5-6-12(9)11/h4-8H,2-3H2,1H3,(H,15,16). The number of hydrogen-bond donors (Lipinski definition) is 1. The van der Waals surface area contributed by atoms with Crippen LogP contribution in [0.4, 0.5) is 4.39 Å². The molecule has 0 heterocycles. The number of halogens is 1. The van der Waals surface area contributed by atoms with E-state index >= 15 is 0 Å². The third-order valence-corrected chi connectivity index (χ3v) is 2.99. The molecule has 1 aliphatic carbocycles. The number of hydrogen-bond acceptors (Lipinski definition) is 1. The van der Waals surface area contributed by atoms with E-state index < -0.39 is 11.9 Å². The molecule has 2 rings (SSSR count). The summed E-state index contributed by atoms with van der Waals surface area (Å²) in [4.78, 5) is 11.0. The van der Waals surface area contributed by atoms with E-state index in [9.17, 15) is 9.18 Å². The molecule has 1 unspecified atom stereocenters. The number of carboxylic acid groups (broad SMARTS) is 1. The third kappa shape index (κ3) is 1.85. The molecule has 0 amide bonds. The van der Waals surface area contributed by atoms with E-state index in [-0.39, 0.29) is 5.82 Å². The van der Waals surface area contributed by atoms with Gasteiger partial charge in [-0.25, -0.2) is 4.39 Å². The molecule has 0 fully saturated rings. The monoisotopic (exact) mass is 220 g/mol. The molecule has 0 saturated carbocycles. The van der Waals surface area contributed by atoms with Crippen LogP contribution in [0.2, 0.25) is 0 Å². The lowest BCUT2D eigenvalue weighted by Gasteiger charge is -2.20. The first-order valence-electron chi connectivity index (χ1n) is 5.31. The molecule has 1 atom stereocenters. The highest BCUT2D eigenvalue weighted by atomic mass is 19.1. The zero-order chi connectivity index (χ0) is 11.7. The fourth-order valence-electron chi connectivity index (χ4n) is 2.09. The molecule has 3 heteroatoms. The second-order valence-electron chi connectivity index (χ2n) is 4.06. The lowest BCUT2D eigenvalue weighted by atomic mass is 9.84. The Morgan fingerprint density at radius 3 is 2.94 bits per heavy atom. The van der Waals surface area contributed by atoms with Gasteiger partial charge in [0.25, 0.3) is 0 Å². The highest BCUT2D eigenvalue weighted by Gasteiger charge is 2.22. The highest BCUT2D eigenvalue weighted by Crippen LogP contribution is 2.32. The second-order valence-corrected chi connectivity index (χ2v) is 4.06. The van der Waals surface area contributed by atoms with Crippen molar-refractivity contribution in [2.45, 2.75) is 19.8 Å². The normalized spacial score (nSPS) is 16.2. The van der Waals surface area contributed by atoms with Crippen molar-refractivity contribution >= 4 is 11.5 Å². The van der Waals surface area contributed by atoms with Crippen LogP contribution in [0.25, 0.3) is 5.57 Å². The Labute approximate surface area is 93.4 Å². The molecular formula is C13H13FO2. The number of benzene rings is 1. The minimum atomic E-state index is -0.844. The first-order chi connectivity index (χ1) is 7.59. The van der Waals surface area contributed by atoms with Crippen molar-refractivity contribution in [2.24, 2.45) is 5.92 Å². The van der Waals surface area contributed by atoms with Crippen LogP contribution >= 0.6 is 0 Å². The van der Waals surface area contributed by atoms with Crippen LogP contribution in [-0.2, 0) is 11.2 Å². The van der Waals surface area contributed by atoms with Crippen LogP contribution in [0.1, 0.15) is 24.5 Å². The summed E-state index contributed by atoms with van der Waals surface area (Å²) in [5, 5.41) is 9.00. The van der Waals surface area contributed by atoms with E-state index in [2.05, 4.69) is 0 Å². The maximum atomic E-state index is 13.0. The van der Waals surface area contributed by atoms with Gasteiger partial charge in [-0.2, -0.15) is 0 Å². The first kappa shape index (κ1) is 10.9. The molecule has 1 aromatic carbocycles.